The Labute approximate surface area is 149 Å². The second-order valence-corrected chi connectivity index (χ2v) is 6.78. The Balaban J connectivity index is 1.78. The zero-order chi connectivity index (χ0) is 17.8. The summed E-state index contributed by atoms with van der Waals surface area (Å²) in [7, 11) is 0. The van der Waals surface area contributed by atoms with Crippen molar-refractivity contribution in [2.45, 2.75) is 38.1 Å². The van der Waals surface area contributed by atoms with Crippen LogP contribution in [0.15, 0.2) is 29.8 Å². The highest BCUT2D eigenvalue weighted by atomic mass is 32.1. The molecule has 3 rings (SSSR count). The molecule has 0 radical (unpaired) electrons. The highest BCUT2D eigenvalue weighted by Crippen LogP contribution is 2.41. The second kappa shape index (κ2) is 7.74. The fraction of sp³-hybridized carbons (Fsp3) is 0.389. The minimum Gasteiger partial charge on any atom is -0.466 e. The molecule has 1 aliphatic carbocycles. The average molecular weight is 362 g/mol. The molecule has 7 heteroatoms. The molecule has 25 heavy (non-hydrogen) atoms. The Morgan fingerprint density at radius 2 is 2.08 bits per heavy atom. The molecular formula is C18H19FN2O3S. The normalized spacial score (nSPS) is 14.8. The fourth-order valence-electron chi connectivity index (χ4n) is 2.63. The molecule has 2 aromatic rings. The van der Waals surface area contributed by atoms with Gasteiger partial charge in [0.15, 0.2) is 0 Å². The van der Waals surface area contributed by atoms with Gasteiger partial charge in [-0.25, -0.2) is 9.37 Å². The molecule has 0 bridgehead atoms. The summed E-state index contributed by atoms with van der Waals surface area (Å²) >= 11 is 1.30. The molecule has 1 aromatic carbocycles. The van der Waals surface area contributed by atoms with Crippen LogP contribution in [-0.4, -0.2) is 23.5 Å². The lowest BCUT2D eigenvalue weighted by molar-refractivity contribution is -0.143. The lowest BCUT2D eigenvalue weighted by Gasteiger charge is -2.18. The first kappa shape index (κ1) is 17.5. The number of rotatable bonds is 7. The summed E-state index contributed by atoms with van der Waals surface area (Å²) in [5.74, 6) is -0.684. The fourth-order valence-corrected chi connectivity index (χ4v) is 3.41. The minimum absolute atomic E-state index is 0.0111. The summed E-state index contributed by atoms with van der Waals surface area (Å²) in [4.78, 5) is 29.5. The molecule has 1 amide bonds. The molecule has 1 aromatic heterocycles. The van der Waals surface area contributed by atoms with Crippen molar-refractivity contribution < 1.29 is 18.7 Å². The number of esters is 1. The van der Waals surface area contributed by atoms with E-state index in [0.29, 0.717) is 16.4 Å². The molecule has 1 saturated carbocycles. The highest BCUT2D eigenvalue weighted by Gasteiger charge is 2.31. The lowest BCUT2D eigenvalue weighted by atomic mass is 10.0. The summed E-state index contributed by atoms with van der Waals surface area (Å²) in [6, 6.07) is 5.16. The number of amides is 1. The minimum atomic E-state index is -0.582. The van der Waals surface area contributed by atoms with Gasteiger partial charge in [0.05, 0.1) is 30.3 Å². The molecule has 1 atom stereocenters. The number of aromatic nitrogens is 1. The Kier molecular flexibility index (Phi) is 5.43. The van der Waals surface area contributed by atoms with E-state index in [2.05, 4.69) is 10.3 Å². The van der Waals surface area contributed by atoms with Crippen molar-refractivity contribution >= 4 is 23.2 Å². The smallest absolute Gasteiger partial charge is 0.308 e. The SMILES string of the molecule is CCOC(=O)C[C@H](NC(=O)c1scnc1C1CC1)c1ccc(F)cc1. The molecule has 0 unspecified atom stereocenters. The van der Waals surface area contributed by atoms with Crippen LogP contribution in [0.3, 0.4) is 0 Å². The van der Waals surface area contributed by atoms with Crippen LogP contribution in [0.5, 0.6) is 0 Å². The third-order valence-corrected chi connectivity index (χ3v) is 4.86. The van der Waals surface area contributed by atoms with E-state index in [-0.39, 0.29) is 24.8 Å². The molecule has 0 saturated heterocycles. The molecule has 5 nitrogen and oxygen atoms in total. The molecule has 0 aliphatic heterocycles. The first-order chi connectivity index (χ1) is 12.1. The van der Waals surface area contributed by atoms with Crippen molar-refractivity contribution in [2.24, 2.45) is 0 Å². The van der Waals surface area contributed by atoms with Gasteiger partial charge in [0, 0.05) is 5.92 Å². The van der Waals surface area contributed by atoms with E-state index in [0.717, 1.165) is 18.5 Å². The van der Waals surface area contributed by atoms with Gasteiger partial charge in [-0.2, -0.15) is 0 Å². The number of thiazole rings is 1. The van der Waals surface area contributed by atoms with E-state index in [1.165, 1.54) is 23.5 Å². The van der Waals surface area contributed by atoms with Gasteiger partial charge in [-0.15, -0.1) is 11.3 Å². The first-order valence-electron chi connectivity index (χ1n) is 8.23. The third-order valence-electron chi connectivity index (χ3n) is 4.02. The molecule has 132 valence electrons. The number of nitrogens with one attached hydrogen (secondary N) is 1. The van der Waals surface area contributed by atoms with Crippen LogP contribution in [-0.2, 0) is 9.53 Å². The number of hydrogen-bond acceptors (Lipinski definition) is 5. The molecule has 1 heterocycles. The van der Waals surface area contributed by atoms with E-state index in [4.69, 9.17) is 4.74 Å². The second-order valence-electron chi connectivity index (χ2n) is 5.93. The van der Waals surface area contributed by atoms with Crippen molar-refractivity contribution in [2.75, 3.05) is 6.61 Å². The molecular weight excluding hydrogens is 343 g/mol. The van der Waals surface area contributed by atoms with Crippen LogP contribution in [0.4, 0.5) is 4.39 Å². The van der Waals surface area contributed by atoms with E-state index in [1.807, 2.05) is 0 Å². The van der Waals surface area contributed by atoms with Gasteiger partial charge >= 0.3 is 5.97 Å². The van der Waals surface area contributed by atoms with Crippen LogP contribution < -0.4 is 5.32 Å². The largest absolute Gasteiger partial charge is 0.466 e. The van der Waals surface area contributed by atoms with Crippen LogP contribution in [0.2, 0.25) is 0 Å². The summed E-state index contributed by atoms with van der Waals surface area (Å²) < 4.78 is 18.2. The van der Waals surface area contributed by atoms with Gasteiger partial charge in [-0.3, -0.25) is 9.59 Å². The number of hydrogen-bond donors (Lipinski definition) is 1. The number of nitrogens with zero attached hydrogens (tertiary/aromatic N) is 1. The topological polar surface area (TPSA) is 68.3 Å². The van der Waals surface area contributed by atoms with Crippen molar-refractivity contribution in [3.8, 4) is 0 Å². The average Bonchev–Trinajstić information content (AvgIpc) is 3.31. The van der Waals surface area contributed by atoms with Crippen LogP contribution >= 0.6 is 11.3 Å². The molecule has 0 spiro atoms. The first-order valence-corrected chi connectivity index (χ1v) is 9.11. The monoisotopic (exact) mass is 362 g/mol. The van der Waals surface area contributed by atoms with E-state index in [9.17, 15) is 14.0 Å². The van der Waals surface area contributed by atoms with Crippen molar-refractivity contribution in [3.63, 3.8) is 0 Å². The number of halogens is 1. The van der Waals surface area contributed by atoms with Gasteiger partial charge in [0.1, 0.15) is 10.7 Å². The van der Waals surface area contributed by atoms with E-state index < -0.39 is 12.0 Å². The van der Waals surface area contributed by atoms with Gasteiger partial charge < -0.3 is 10.1 Å². The number of carbonyl (C=O) groups is 2. The maximum Gasteiger partial charge on any atom is 0.308 e. The van der Waals surface area contributed by atoms with E-state index in [1.54, 1.807) is 24.6 Å². The predicted molar refractivity (Wildman–Crippen MR) is 91.9 cm³/mol. The van der Waals surface area contributed by atoms with Gasteiger partial charge in [0.25, 0.3) is 5.91 Å². The summed E-state index contributed by atoms with van der Waals surface area (Å²) in [6.07, 6.45) is 2.09. The van der Waals surface area contributed by atoms with Gasteiger partial charge in [0.2, 0.25) is 0 Å². The Morgan fingerprint density at radius 1 is 1.36 bits per heavy atom. The summed E-state index contributed by atoms with van der Waals surface area (Å²) in [5.41, 5.74) is 3.15. The van der Waals surface area contributed by atoms with Gasteiger partial charge in [-0.05, 0) is 37.5 Å². The highest BCUT2D eigenvalue weighted by molar-refractivity contribution is 7.11. The van der Waals surface area contributed by atoms with Crippen LogP contribution in [0, 0.1) is 5.82 Å². The Morgan fingerprint density at radius 3 is 2.72 bits per heavy atom. The van der Waals surface area contributed by atoms with Crippen LogP contribution in [0.1, 0.15) is 59.1 Å². The molecule has 1 aliphatic rings. The summed E-state index contributed by atoms with van der Waals surface area (Å²) in [5, 5.41) is 2.88. The summed E-state index contributed by atoms with van der Waals surface area (Å²) in [6.45, 7) is 1.99. The Bertz CT molecular complexity index is 756. The van der Waals surface area contributed by atoms with Crippen molar-refractivity contribution in [3.05, 3.63) is 51.7 Å². The van der Waals surface area contributed by atoms with Gasteiger partial charge in [-0.1, -0.05) is 12.1 Å². The van der Waals surface area contributed by atoms with Crippen molar-refractivity contribution in [1.29, 1.82) is 0 Å². The van der Waals surface area contributed by atoms with E-state index >= 15 is 0 Å². The maximum absolute atomic E-state index is 13.2. The lowest BCUT2D eigenvalue weighted by Crippen LogP contribution is -2.30. The quantitative estimate of drug-likeness (QED) is 0.765. The predicted octanol–water partition coefficient (Wildman–Crippen LogP) is 3.58. The Hall–Kier alpha value is -2.28. The zero-order valence-electron chi connectivity index (χ0n) is 13.8. The standard InChI is InChI=1S/C18H19FN2O3S/c1-2-24-15(22)9-14(11-5-7-13(19)8-6-11)21-18(23)17-16(12-3-4-12)20-10-25-17/h5-8,10,12,14H,2-4,9H2,1H3,(H,21,23)/t14-/m0/s1. The number of benzene rings is 1. The zero-order valence-corrected chi connectivity index (χ0v) is 14.6. The van der Waals surface area contributed by atoms with Crippen molar-refractivity contribution in [1.82, 2.24) is 10.3 Å². The van der Waals surface area contributed by atoms with Crippen LogP contribution in [0.25, 0.3) is 0 Å². The molecule has 1 N–H and O–H groups in total. The maximum atomic E-state index is 13.2. The number of ether oxygens (including phenoxy) is 1. The third kappa shape index (κ3) is 4.42. The molecule has 1 fully saturated rings. The number of carbonyl (C=O) groups excluding carboxylic acids is 2.